The molecule has 1 amide bonds. The highest BCUT2D eigenvalue weighted by Crippen LogP contribution is 2.12. The Morgan fingerprint density at radius 1 is 1.62 bits per heavy atom. The lowest BCUT2D eigenvalue weighted by Gasteiger charge is -1.97. The van der Waals surface area contributed by atoms with Gasteiger partial charge in [0, 0.05) is 7.11 Å². The second-order valence-electron chi connectivity index (χ2n) is 2.64. The average molecular weight is 184 g/mol. The molecule has 0 fully saturated rings. The molecule has 5 nitrogen and oxygen atoms in total. The molecule has 72 valence electrons. The zero-order valence-electron chi connectivity index (χ0n) is 7.88. The van der Waals surface area contributed by atoms with Gasteiger partial charge in [-0.2, -0.15) is 4.98 Å². The van der Waals surface area contributed by atoms with Gasteiger partial charge in [0.05, 0.1) is 5.69 Å². The number of amides is 1. The van der Waals surface area contributed by atoms with Crippen molar-refractivity contribution >= 4 is 11.9 Å². The molecule has 1 heterocycles. The van der Waals surface area contributed by atoms with Gasteiger partial charge in [-0.3, -0.25) is 10.1 Å². The van der Waals surface area contributed by atoms with Gasteiger partial charge in [-0.1, -0.05) is 0 Å². The minimum absolute atomic E-state index is 0.000471. The van der Waals surface area contributed by atoms with E-state index < -0.39 is 0 Å². The minimum atomic E-state index is -0.274. The lowest BCUT2D eigenvalue weighted by molar-refractivity contribution is -0.119. The smallest absolute Gasteiger partial charge is 0.301 e. The fraction of sp³-hybridized carbons (Fsp3) is 0.500. The summed E-state index contributed by atoms with van der Waals surface area (Å²) in [6, 6.07) is 0.219. The number of nitrogens with zero attached hydrogens (tertiary/aromatic N) is 1. The summed E-state index contributed by atoms with van der Waals surface area (Å²) in [5, 5.41) is 2.46. The van der Waals surface area contributed by atoms with E-state index in [1.54, 1.807) is 6.92 Å². The monoisotopic (exact) mass is 184 g/mol. The van der Waals surface area contributed by atoms with Gasteiger partial charge in [0.25, 0.3) is 5.91 Å². The van der Waals surface area contributed by atoms with Crippen molar-refractivity contribution in [3.05, 3.63) is 11.5 Å². The second kappa shape index (κ2) is 4.04. The predicted molar refractivity (Wildman–Crippen MR) is 46.5 cm³/mol. The molecule has 0 unspecified atom stereocenters. The van der Waals surface area contributed by atoms with Crippen LogP contribution in [0.15, 0.2) is 4.42 Å². The first-order chi connectivity index (χ1) is 6.13. The Balaban J connectivity index is 2.59. The van der Waals surface area contributed by atoms with Crippen molar-refractivity contribution in [1.82, 2.24) is 4.98 Å². The van der Waals surface area contributed by atoms with Crippen molar-refractivity contribution in [2.75, 3.05) is 19.0 Å². The Bertz CT molecular complexity index is 287. The van der Waals surface area contributed by atoms with Gasteiger partial charge in [0.1, 0.15) is 12.4 Å². The van der Waals surface area contributed by atoms with Gasteiger partial charge in [0.15, 0.2) is 0 Å². The number of methoxy groups -OCH3 is 1. The van der Waals surface area contributed by atoms with E-state index in [0.29, 0.717) is 5.76 Å². The van der Waals surface area contributed by atoms with E-state index in [-0.39, 0.29) is 18.5 Å². The number of anilines is 1. The topological polar surface area (TPSA) is 64.4 Å². The normalized spacial score (nSPS) is 10.1. The van der Waals surface area contributed by atoms with Gasteiger partial charge in [-0.15, -0.1) is 0 Å². The standard InChI is InChI=1S/C8H12N2O3/c1-5-6(2)13-8(9-5)10-7(11)4-12-3/h4H2,1-3H3,(H,9,10,11). The summed E-state index contributed by atoms with van der Waals surface area (Å²) in [5.74, 6) is 0.427. The van der Waals surface area contributed by atoms with Crippen molar-refractivity contribution in [2.45, 2.75) is 13.8 Å². The first-order valence-corrected chi connectivity index (χ1v) is 3.86. The molecule has 1 rings (SSSR count). The average Bonchev–Trinajstić information content (AvgIpc) is 2.31. The highest BCUT2D eigenvalue weighted by atomic mass is 16.5. The third-order valence-corrected chi connectivity index (χ3v) is 1.55. The van der Waals surface area contributed by atoms with Crippen molar-refractivity contribution in [1.29, 1.82) is 0 Å². The molecular weight excluding hydrogens is 172 g/mol. The largest absolute Gasteiger partial charge is 0.428 e. The molecule has 0 saturated heterocycles. The maximum Gasteiger partial charge on any atom is 0.301 e. The van der Waals surface area contributed by atoms with Crippen LogP contribution in [0, 0.1) is 13.8 Å². The first-order valence-electron chi connectivity index (χ1n) is 3.86. The van der Waals surface area contributed by atoms with E-state index >= 15 is 0 Å². The van der Waals surface area contributed by atoms with Crippen LogP contribution in [0.1, 0.15) is 11.5 Å². The molecule has 0 radical (unpaired) electrons. The van der Waals surface area contributed by atoms with Crippen LogP contribution in [0.3, 0.4) is 0 Å². The van der Waals surface area contributed by atoms with Crippen LogP contribution in [-0.4, -0.2) is 24.6 Å². The highest BCUT2D eigenvalue weighted by Gasteiger charge is 2.08. The first kappa shape index (κ1) is 9.73. The van der Waals surface area contributed by atoms with Gasteiger partial charge in [0.2, 0.25) is 0 Å². The molecule has 0 saturated carbocycles. The van der Waals surface area contributed by atoms with Gasteiger partial charge >= 0.3 is 6.01 Å². The van der Waals surface area contributed by atoms with E-state index in [9.17, 15) is 4.79 Å². The van der Waals surface area contributed by atoms with Crippen molar-refractivity contribution in [3.8, 4) is 0 Å². The van der Waals surface area contributed by atoms with E-state index in [1.807, 2.05) is 6.92 Å². The van der Waals surface area contributed by atoms with Gasteiger partial charge in [-0.05, 0) is 13.8 Å². The number of ether oxygens (including phenoxy) is 1. The Morgan fingerprint density at radius 2 is 2.31 bits per heavy atom. The molecule has 0 aromatic carbocycles. The Labute approximate surface area is 76.1 Å². The SMILES string of the molecule is COCC(=O)Nc1nc(C)c(C)o1. The van der Waals surface area contributed by atoms with Crippen LogP contribution in [-0.2, 0) is 9.53 Å². The summed E-state index contributed by atoms with van der Waals surface area (Å²) in [7, 11) is 1.45. The van der Waals surface area contributed by atoms with Crippen LogP contribution < -0.4 is 5.32 Å². The Kier molecular flexibility index (Phi) is 3.02. The fourth-order valence-electron chi connectivity index (χ4n) is 0.813. The Morgan fingerprint density at radius 3 is 2.77 bits per heavy atom. The molecule has 0 spiro atoms. The number of carbonyl (C=O) groups excluding carboxylic acids is 1. The molecule has 1 aromatic heterocycles. The molecule has 0 aliphatic heterocycles. The van der Waals surface area contributed by atoms with E-state index in [1.165, 1.54) is 7.11 Å². The number of nitrogens with one attached hydrogen (secondary N) is 1. The summed E-state index contributed by atoms with van der Waals surface area (Å²) in [5.41, 5.74) is 0.771. The molecule has 5 heteroatoms. The van der Waals surface area contributed by atoms with Crippen LogP contribution in [0.5, 0.6) is 0 Å². The molecule has 0 bridgehead atoms. The zero-order chi connectivity index (χ0) is 9.84. The zero-order valence-corrected chi connectivity index (χ0v) is 7.88. The molecule has 13 heavy (non-hydrogen) atoms. The third kappa shape index (κ3) is 2.55. The van der Waals surface area contributed by atoms with Gasteiger partial charge in [-0.25, -0.2) is 0 Å². The third-order valence-electron chi connectivity index (χ3n) is 1.55. The Hall–Kier alpha value is -1.36. The molecule has 0 aliphatic carbocycles. The predicted octanol–water partition coefficient (Wildman–Crippen LogP) is 0.876. The number of aryl methyl sites for hydroxylation is 2. The summed E-state index contributed by atoms with van der Waals surface area (Å²) < 4.78 is 9.76. The van der Waals surface area contributed by atoms with Crippen LogP contribution in [0.2, 0.25) is 0 Å². The molecule has 0 atom stereocenters. The van der Waals surface area contributed by atoms with Gasteiger partial charge < -0.3 is 9.15 Å². The molecule has 1 N–H and O–H groups in total. The lowest BCUT2D eigenvalue weighted by atomic mass is 10.4. The highest BCUT2D eigenvalue weighted by molar-refractivity contribution is 5.89. The number of oxazole rings is 1. The number of hydrogen-bond acceptors (Lipinski definition) is 4. The van der Waals surface area contributed by atoms with E-state index in [0.717, 1.165) is 5.69 Å². The van der Waals surface area contributed by atoms with Crippen molar-refractivity contribution in [3.63, 3.8) is 0 Å². The summed E-state index contributed by atoms with van der Waals surface area (Å²) in [6.45, 7) is 3.60. The quantitative estimate of drug-likeness (QED) is 0.757. The maximum atomic E-state index is 11.0. The molecule has 1 aromatic rings. The summed E-state index contributed by atoms with van der Waals surface area (Å²) in [4.78, 5) is 15.0. The molecular formula is C8H12N2O3. The van der Waals surface area contributed by atoms with Crippen LogP contribution >= 0.6 is 0 Å². The van der Waals surface area contributed by atoms with Crippen LogP contribution in [0.25, 0.3) is 0 Å². The maximum absolute atomic E-state index is 11.0. The van der Waals surface area contributed by atoms with E-state index in [4.69, 9.17) is 4.42 Å². The van der Waals surface area contributed by atoms with Crippen LogP contribution in [0.4, 0.5) is 6.01 Å². The van der Waals surface area contributed by atoms with Crippen molar-refractivity contribution < 1.29 is 13.9 Å². The van der Waals surface area contributed by atoms with Crippen molar-refractivity contribution in [2.24, 2.45) is 0 Å². The lowest BCUT2D eigenvalue weighted by Crippen LogP contribution is -2.17. The minimum Gasteiger partial charge on any atom is -0.428 e. The number of carbonyl (C=O) groups is 1. The molecule has 0 aliphatic rings. The fourth-order valence-corrected chi connectivity index (χ4v) is 0.813. The summed E-state index contributed by atoms with van der Waals surface area (Å²) in [6.07, 6.45) is 0. The second-order valence-corrected chi connectivity index (χ2v) is 2.64. The number of rotatable bonds is 3. The van der Waals surface area contributed by atoms with E-state index in [2.05, 4.69) is 15.0 Å². The number of aromatic nitrogens is 1. The number of hydrogen-bond donors (Lipinski definition) is 1. The summed E-state index contributed by atoms with van der Waals surface area (Å²) >= 11 is 0.